The van der Waals surface area contributed by atoms with Gasteiger partial charge in [-0.05, 0) is 56.7 Å². The molecule has 2 aromatic rings. The van der Waals surface area contributed by atoms with Crippen LogP contribution in [0.4, 0.5) is 0 Å². The fourth-order valence-electron chi connectivity index (χ4n) is 3.80. The van der Waals surface area contributed by atoms with Gasteiger partial charge in [0.05, 0.1) is 10.7 Å². The maximum Gasteiger partial charge on any atom is 0.0966 e. The van der Waals surface area contributed by atoms with Crippen LogP contribution in [0, 0.1) is 0 Å². The summed E-state index contributed by atoms with van der Waals surface area (Å²) in [4.78, 5) is 6.54. The lowest BCUT2D eigenvalue weighted by Gasteiger charge is -2.22. The topological polar surface area (TPSA) is 24.9 Å². The Kier molecular flexibility index (Phi) is 3.56. The minimum absolute atomic E-state index is 0.538. The molecule has 110 valence electrons. The molecule has 2 unspecified atom stereocenters. The van der Waals surface area contributed by atoms with E-state index in [4.69, 9.17) is 4.98 Å². The average molecular weight is 298 g/mol. The average Bonchev–Trinajstić information content (AvgIpc) is 2.98. The normalized spacial score (nSPS) is 24.4. The molecule has 0 saturated carbocycles. The summed E-state index contributed by atoms with van der Waals surface area (Å²) >= 11 is 1.98. The van der Waals surface area contributed by atoms with Crippen LogP contribution in [0.25, 0.3) is 0 Å². The second-order valence-corrected chi connectivity index (χ2v) is 7.37. The van der Waals surface area contributed by atoms with Crippen LogP contribution in [0.3, 0.4) is 0 Å². The molecular formula is C18H22N2S. The summed E-state index contributed by atoms with van der Waals surface area (Å²) < 4.78 is 0. The van der Waals surface area contributed by atoms with Crippen LogP contribution >= 0.6 is 11.3 Å². The van der Waals surface area contributed by atoms with Crippen molar-refractivity contribution in [3.05, 3.63) is 51.0 Å². The first kappa shape index (κ1) is 13.5. The van der Waals surface area contributed by atoms with E-state index in [1.807, 2.05) is 11.3 Å². The molecule has 1 aromatic carbocycles. The number of nitrogens with zero attached hydrogens (tertiary/aromatic N) is 1. The van der Waals surface area contributed by atoms with E-state index in [0.717, 1.165) is 0 Å². The molecular weight excluding hydrogens is 276 g/mol. The van der Waals surface area contributed by atoms with Gasteiger partial charge in [-0.3, -0.25) is 0 Å². The SMILES string of the molecule is CNC1CCCc2nc(C3CCc4ccccc4C3)sc21. The van der Waals surface area contributed by atoms with E-state index in [2.05, 4.69) is 36.6 Å². The Hall–Kier alpha value is -1.19. The van der Waals surface area contributed by atoms with Crippen LogP contribution in [-0.4, -0.2) is 12.0 Å². The zero-order valence-electron chi connectivity index (χ0n) is 12.6. The number of hydrogen-bond donors (Lipinski definition) is 1. The number of rotatable bonds is 2. The summed E-state index contributed by atoms with van der Waals surface area (Å²) in [5.41, 5.74) is 4.45. The molecule has 4 rings (SSSR count). The van der Waals surface area contributed by atoms with E-state index in [9.17, 15) is 0 Å². The van der Waals surface area contributed by atoms with Crippen LogP contribution in [0.15, 0.2) is 24.3 Å². The Balaban J connectivity index is 1.62. The van der Waals surface area contributed by atoms with Gasteiger partial charge in [-0.25, -0.2) is 4.98 Å². The highest BCUT2D eigenvalue weighted by Crippen LogP contribution is 2.40. The standard InChI is InChI=1S/C18H22N2S/c1-19-15-7-4-8-16-17(15)21-18(20-16)14-10-9-12-5-2-3-6-13(12)11-14/h2-3,5-6,14-15,19H,4,7-11H2,1H3. The van der Waals surface area contributed by atoms with Gasteiger partial charge < -0.3 is 5.32 Å². The Morgan fingerprint density at radius 3 is 2.86 bits per heavy atom. The number of thiazole rings is 1. The lowest BCUT2D eigenvalue weighted by Crippen LogP contribution is -2.19. The van der Waals surface area contributed by atoms with Crippen LogP contribution in [0.2, 0.25) is 0 Å². The summed E-state index contributed by atoms with van der Waals surface area (Å²) in [7, 11) is 2.08. The Labute approximate surface area is 130 Å². The van der Waals surface area contributed by atoms with Crippen molar-refractivity contribution in [1.29, 1.82) is 0 Å². The van der Waals surface area contributed by atoms with Crippen LogP contribution in [0.5, 0.6) is 0 Å². The first-order valence-corrected chi connectivity index (χ1v) is 8.90. The number of aromatic nitrogens is 1. The fourth-order valence-corrected chi connectivity index (χ4v) is 5.19. The maximum absolute atomic E-state index is 5.02. The zero-order chi connectivity index (χ0) is 14.2. The molecule has 2 atom stereocenters. The van der Waals surface area contributed by atoms with E-state index < -0.39 is 0 Å². The third-order valence-corrected chi connectivity index (χ3v) is 6.39. The van der Waals surface area contributed by atoms with Gasteiger partial charge in [0.2, 0.25) is 0 Å². The van der Waals surface area contributed by atoms with E-state index in [1.54, 1.807) is 5.56 Å². The smallest absolute Gasteiger partial charge is 0.0966 e. The fraction of sp³-hybridized carbons (Fsp3) is 0.500. The van der Waals surface area contributed by atoms with Crippen molar-refractivity contribution in [3.8, 4) is 0 Å². The highest BCUT2D eigenvalue weighted by atomic mass is 32.1. The number of fused-ring (bicyclic) bond motifs is 2. The highest BCUT2D eigenvalue weighted by Gasteiger charge is 2.28. The van der Waals surface area contributed by atoms with Gasteiger partial charge in [0.25, 0.3) is 0 Å². The van der Waals surface area contributed by atoms with Crippen molar-refractivity contribution in [2.75, 3.05) is 7.05 Å². The Morgan fingerprint density at radius 2 is 2.00 bits per heavy atom. The maximum atomic E-state index is 5.02. The van der Waals surface area contributed by atoms with E-state index in [1.165, 1.54) is 59.7 Å². The van der Waals surface area contributed by atoms with Crippen molar-refractivity contribution < 1.29 is 0 Å². The zero-order valence-corrected chi connectivity index (χ0v) is 13.4. The summed E-state index contributed by atoms with van der Waals surface area (Å²) in [6, 6.07) is 9.46. The van der Waals surface area contributed by atoms with Crippen LogP contribution in [0.1, 0.15) is 57.9 Å². The first-order valence-electron chi connectivity index (χ1n) is 8.08. The van der Waals surface area contributed by atoms with Crippen molar-refractivity contribution in [2.45, 2.75) is 50.5 Å². The van der Waals surface area contributed by atoms with Gasteiger partial charge in [-0.2, -0.15) is 0 Å². The summed E-state index contributed by atoms with van der Waals surface area (Å²) in [5.74, 6) is 0.632. The van der Waals surface area contributed by atoms with Gasteiger partial charge in [-0.15, -0.1) is 11.3 Å². The molecule has 1 aromatic heterocycles. The molecule has 0 saturated heterocycles. The van der Waals surface area contributed by atoms with Gasteiger partial charge in [0.1, 0.15) is 0 Å². The summed E-state index contributed by atoms with van der Waals surface area (Å²) in [6.45, 7) is 0. The minimum Gasteiger partial charge on any atom is -0.312 e. The summed E-state index contributed by atoms with van der Waals surface area (Å²) in [5, 5.41) is 4.85. The molecule has 21 heavy (non-hydrogen) atoms. The van der Waals surface area contributed by atoms with Gasteiger partial charge >= 0.3 is 0 Å². The third-order valence-electron chi connectivity index (χ3n) is 5.01. The second-order valence-electron chi connectivity index (χ2n) is 6.30. The molecule has 1 heterocycles. The molecule has 2 aliphatic rings. The third kappa shape index (κ3) is 2.43. The van der Waals surface area contributed by atoms with E-state index in [0.29, 0.717) is 12.0 Å². The predicted octanol–water partition coefficient (Wildman–Crippen LogP) is 4.01. The molecule has 0 fully saturated rings. The predicted molar refractivity (Wildman–Crippen MR) is 88.1 cm³/mol. The van der Waals surface area contributed by atoms with E-state index >= 15 is 0 Å². The lowest BCUT2D eigenvalue weighted by atomic mass is 9.84. The van der Waals surface area contributed by atoms with Gasteiger partial charge in [-0.1, -0.05) is 24.3 Å². The second kappa shape index (κ2) is 5.54. The molecule has 0 radical (unpaired) electrons. The number of nitrogens with one attached hydrogen (secondary N) is 1. The summed E-state index contributed by atoms with van der Waals surface area (Å²) in [6.07, 6.45) is 7.35. The first-order chi connectivity index (χ1) is 10.3. The number of benzene rings is 1. The molecule has 1 N–H and O–H groups in total. The molecule has 0 bridgehead atoms. The largest absolute Gasteiger partial charge is 0.312 e. The molecule has 0 spiro atoms. The number of aryl methyl sites for hydroxylation is 2. The molecule has 2 nitrogen and oxygen atoms in total. The van der Waals surface area contributed by atoms with Crippen molar-refractivity contribution in [2.24, 2.45) is 0 Å². The molecule has 3 heteroatoms. The lowest BCUT2D eigenvalue weighted by molar-refractivity contribution is 0.500. The molecule has 0 aliphatic heterocycles. The van der Waals surface area contributed by atoms with Crippen LogP contribution in [-0.2, 0) is 19.3 Å². The Morgan fingerprint density at radius 1 is 1.14 bits per heavy atom. The van der Waals surface area contributed by atoms with Crippen molar-refractivity contribution >= 4 is 11.3 Å². The quantitative estimate of drug-likeness (QED) is 0.906. The molecule has 0 amide bonds. The van der Waals surface area contributed by atoms with Gasteiger partial charge in [0, 0.05) is 16.8 Å². The van der Waals surface area contributed by atoms with Crippen molar-refractivity contribution in [1.82, 2.24) is 10.3 Å². The Bertz CT molecular complexity index is 646. The van der Waals surface area contributed by atoms with Crippen molar-refractivity contribution in [3.63, 3.8) is 0 Å². The highest BCUT2D eigenvalue weighted by molar-refractivity contribution is 7.12. The van der Waals surface area contributed by atoms with Crippen LogP contribution < -0.4 is 5.32 Å². The minimum atomic E-state index is 0.538. The number of hydrogen-bond acceptors (Lipinski definition) is 3. The monoisotopic (exact) mass is 298 g/mol. The van der Waals surface area contributed by atoms with Gasteiger partial charge in [0.15, 0.2) is 0 Å². The molecule has 2 aliphatic carbocycles. The van der Waals surface area contributed by atoms with E-state index in [-0.39, 0.29) is 0 Å².